The average molecular weight is 396 g/mol. The number of nitrogens with zero attached hydrogens (tertiary/aromatic N) is 6. The SMILES string of the molecule is CN(Cc1cnn(C)c1)C(=O)c1nc(-c2cccs2)n(-c2ccc(F)cc2)n1. The van der Waals surface area contributed by atoms with Crippen LogP contribution in [-0.4, -0.2) is 42.4 Å². The zero-order valence-corrected chi connectivity index (χ0v) is 16.1. The highest BCUT2D eigenvalue weighted by atomic mass is 32.1. The molecule has 1 aromatic carbocycles. The van der Waals surface area contributed by atoms with Gasteiger partial charge in [-0.1, -0.05) is 6.07 Å². The largest absolute Gasteiger partial charge is 0.334 e. The predicted octanol–water partition coefficient (Wildman–Crippen LogP) is 3.14. The molecule has 0 unspecified atom stereocenters. The molecule has 0 radical (unpaired) electrons. The molecular weight excluding hydrogens is 379 g/mol. The number of halogens is 1. The Kier molecular flexibility index (Phi) is 4.74. The van der Waals surface area contributed by atoms with Crippen LogP contribution in [-0.2, 0) is 13.6 Å². The molecule has 4 aromatic rings. The summed E-state index contributed by atoms with van der Waals surface area (Å²) >= 11 is 1.49. The first kappa shape index (κ1) is 18.1. The summed E-state index contributed by atoms with van der Waals surface area (Å²) in [5.74, 6) is -0.0181. The molecule has 0 N–H and O–H groups in total. The van der Waals surface area contributed by atoms with Gasteiger partial charge in [0.2, 0.25) is 5.82 Å². The van der Waals surface area contributed by atoms with Crippen molar-refractivity contribution in [3.63, 3.8) is 0 Å². The van der Waals surface area contributed by atoms with Crippen LogP contribution < -0.4 is 0 Å². The lowest BCUT2D eigenvalue weighted by Crippen LogP contribution is -2.27. The van der Waals surface area contributed by atoms with Gasteiger partial charge in [0.25, 0.3) is 5.91 Å². The smallest absolute Gasteiger partial charge is 0.293 e. The van der Waals surface area contributed by atoms with E-state index < -0.39 is 0 Å². The van der Waals surface area contributed by atoms with Crippen LogP contribution in [0, 0.1) is 5.82 Å². The minimum atomic E-state index is -0.339. The Morgan fingerprint density at radius 1 is 1.25 bits per heavy atom. The molecule has 1 amide bonds. The van der Waals surface area contributed by atoms with Crippen molar-refractivity contribution >= 4 is 17.2 Å². The second-order valence-corrected chi connectivity index (χ2v) is 7.26. The predicted molar refractivity (Wildman–Crippen MR) is 104 cm³/mol. The second kappa shape index (κ2) is 7.35. The third kappa shape index (κ3) is 3.56. The Hall–Kier alpha value is -3.33. The van der Waals surface area contributed by atoms with Gasteiger partial charge in [0, 0.05) is 32.4 Å². The third-order valence-corrected chi connectivity index (χ3v) is 5.00. The molecule has 0 aliphatic carbocycles. The molecule has 0 aliphatic rings. The summed E-state index contributed by atoms with van der Waals surface area (Å²) < 4.78 is 16.6. The summed E-state index contributed by atoms with van der Waals surface area (Å²) in [5.41, 5.74) is 1.54. The Labute approximate surface area is 164 Å². The van der Waals surface area contributed by atoms with Crippen LogP contribution in [0.15, 0.2) is 54.2 Å². The van der Waals surface area contributed by atoms with Crippen molar-refractivity contribution in [1.82, 2.24) is 29.4 Å². The Bertz CT molecular complexity index is 1100. The van der Waals surface area contributed by atoms with Gasteiger partial charge in [-0.2, -0.15) is 5.10 Å². The number of aromatic nitrogens is 5. The fourth-order valence-corrected chi connectivity index (χ4v) is 3.50. The van der Waals surface area contributed by atoms with E-state index in [4.69, 9.17) is 0 Å². The maximum atomic E-state index is 13.3. The van der Waals surface area contributed by atoms with Gasteiger partial charge in [-0.05, 0) is 35.7 Å². The molecule has 9 heteroatoms. The maximum Gasteiger partial charge on any atom is 0.293 e. The average Bonchev–Trinajstić information content (AvgIpc) is 3.42. The molecule has 0 saturated heterocycles. The van der Waals surface area contributed by atoms with Gasteiger partial charge in [-0.3, -0.25) is 9.48 Å². The molecule has 0 bridgehead atoms. The van der Waals surface area contributed by atoms with Crippen molar-refractivity contribution in [2.75, 3.05) is 7.05 Å². The van der Waals surface area contributed by atoms with Crippen LogP contribution in [0.5, 0.6) is 0 Å². The monoisotopic (exact) mass is 396 g/mol. The lowest BCUT2D eigenvalue weighted by atomic mass is 10.3. The second-order valence-electron chi connectivity index (χ2n) is 6.31. The van der Waals surface area contributed by atoms with E-state index in [0.29, 0.717) is 18.1 Å². The molecule has 3 heterocycles. The fourth-order valence-electron chi connectivity index (χ4n) is 2.80. The Morgan fingerprint density at radius 3 is 2.68 bits per heavy atom. The number of aryl methyl sites for hydroxylation is 1. The van der Waals surface area contributed by atoms with Crippen LogP contribution in [0.1, 0.15) is 16.2 Å². The number of thiophene rings is 1. The number of amides is 1. The zero-order valence-electron chi connectivity index (χ0n) is 15.3. The molecule has 0 atom stereocenters. The lowest BCUT2D eigenvalue weighted by Gasteiger charge is -2.13. The van der Waals surface area contributed by atoms with Crippen LogP contribution in [0.25, 0.3) is 16.4 Å². The summed E-state index contributed by atoms with van der Waals surface area (Å²) in [7, 11) is 3.52. The van der Waals surface area contributed by atoms with E-state index in [-0.39, 0.29) is 17.5 Å². The fraction of sp³-hybridized carbons (Fsp3) is 0.158. The van der Waals surface area contributed by atoms with E-state index in [2.05, 4.69) is 15.2 Å². The first-order valence-electron chi connectivity index (χ1n) is 8.51. The van der Waals surface area contributed by atoms with Gasteiger partial charge in [0.15, 0.2) is 5.82 Å². The van der Waals surface area contributed by atoms with Gasteiger partial charge in [0.05, 0.1) is 16.8 Å². The highest BCUT2D eigenvalue weighted by molar-refractivity contribution is 7.13. The quantitative estimate of drug-likeness (QED) is 0.520. The number of carbonyl (C=O) groups excluding carboxylic acids is 1. The normalized spacial score (nSPS) is 11.0. The number of hydrogen-bond acceptors (Lipinski definition) is 5. The van der Waals surface area contributed by atoms with Crippen molar-refractivity contribution in [3.8, 4) is 16.4 Å². The van der Waals surface area contributed by atoms with Gasteiger partial charge in [-0.25, -0.2) is 14.1 Å². The molecule has 7 nitrogen and oxygen atoms in total. The van der Waals surface area contributed by atoms with E-state index in [9.17, 15) is 9.18 Å². The number of hydrogen-bond donors (Lipinski definition) is 0. The number of rotatable bonds is 5. The molecule has 3 aromatic heterocycles. The Morgan fingerprint density at radius 2 is 2.04 bits per heavy atom. The zero-order chi connectivity index (χ0) is 19.7. The summed E-state index contributed by atoms with van der Waals surface area (Å²) in [6.07, 6.45) is 3.57. The minimum absolute atomic E-state index is 0.0825. The molecular formula is C19H17FN6OS. The van der Waals surface area contributed by atoms with Gasteiger partial charge in [0.1, 0.15) is 5.82 Å². The first-order valence-corrected chi connectivity index (χ1v) is 9.39. The van der Waals surface area contributed by atoms with Crippen molar-refractivity contribution < 1.29 is 9.18 Å². The Balaban J connectivity index is 1.68. The molecule has 0 aliphatic heterocycles. The van der Waals surface area contributed by atoms with Gasteiger partial charge in [-0.15, -0.1) is 16.4 Å². The molecule has 28 heavy (non-hydrogen) atoms. The summed E-state index contributed by atoms with van der Waals surface area (Å²) in [5, 5.41) is 10.5. The van der Waals surface area contributed by atoms with Crippen molar-refractivity contribution in [2.45, 2.75) is 6.54 Å². The maximum absolute atomic E-state index is 13.3. The number of benzene rings is 1. The van der Waals surface area contributed by atoms with Crippen molar-refractivity contribution in [1.29, 1.82) is 0 Å². The van der Waals surface area contributed by atoms with E-state index in [1.54, 1.807) is 39.6 Å². The van der Waals surface area contributed by atoms with E-state index in [1.165, 1.54) is 23.5 Å². The van der Waals surface area contributed by atoms with Crippen molar-refractivity contribution in [3.05, 3.63) is 71.4 Å². The number of carbonyl (C=O) groups is 1. The van der Waals surface area contributed by atoms with Gasteiger partial charge < -0.3 is 4.90 Å². The van der Waals surface area contributed by atoms with E-state index in [0.717, 1.165) is 10.4 Å². The standard InChI is InChI=1S/C19H17FN6OS/c1-24(11-13-10-21-25(2)12-13)19(27)17-22-18(16-4-3-9-28-16)26(23-17)15-7-5-14(20)6-8-15/h3-10,12H,11H2,1-2H3. The van der Waals surface area contributed by atoms with Crippen LogP contribution in [0.4, 0.5) is 4.39 Å². The van der Waals surface area contributed by atoms with E-state index in [1.807, 2.05) is 30.8 Å². The third-order valence-electron chi connectivity index (χ3n) is 4.14. The molecule has 0 fully saturated rings. The van der Waals surface area contributed by atoms with Crippen LogP contribution in [0.2, 0.25) is 0 Å². The molecule has 4 rings (SSSR count). The molecule has 0 spiro atoms. The minimum Gasteiger partial charge on any atom is -0.334 e. The first-order chi connectivity index (χ1) is 13.5. The topological polar surface area (TPSA) is 68.8 Å². The molecule has 0 saturated carbocycles. The summed E-state index contributed by atoms with van der Waals surface area (Å²) in [4.78, 5) is 19.8. The van der Waals surface area contributed by atoms with Crippen molar-refractivity contribution in [2.24, 2.45) is 7.05 Å². The summed E-state index contributed by atoms with van der Waals surface area (Å²) in [6, 6.07) is 9.72. The lowest BCUT2D eigenvalue weighted by molar-refractivity contribution is 0.0773. The highest BCUT2D eigenvalue weighted by Crippen LogP contribution is 2.26. The highest BCUT2D eigenvalue weighted by Gasteiger charge is 2.22. The van der Waals surface area contributed by atoms with Gasteiger partial charge >= 0.3 is 0 Å². The van der Waals surface area contributed by atoms with E-state index >= 15 is 0 Å². The van der Waals surface area contributed by atoms with Crippen LogP contribution in [0.3, 0.4) is 0 Å². The van der Waals surface area contributed by atoms with Crippen LogP contribution >= 0.6 is 11.3 Å². The molecule has 142 valence electrons. The summed E-state index contributed by atoms with van der Waals surface area (Å²) in [6.45, 7) is 0.395.